The van der Waals surface area contributed by atoms with Crippen LogP contribution in [0.25, 0.3) is 10.9 Å². The summed E-state index contributed by atoms with van der Waals surface area (Å²) in [6.45, 7) is 2.08. The van der Waals surface area contributed by atoms with Gasteiger partial charge in [0.1, 0.15) is 17.1 Å². The molecular weight excluding hydrogens is 344 g/mol. The highest BCUT2D eigenvalue weighted by Gasteiger charge is 2.24. The van der Waals surface area contributed by atoms with Crippen molar-refractivity contribution in [2.24, 2.45) is 0 Å². The first-order valence-corrected chi connectivity index (χ1v) is 8.73. The van der Waals surface area contributed by atoms with E-state index in [-0.39, 0.29) is 17.0 Å². The van der Waals surface area contributed by atoms with Crippen LogP contribution in [0.5, 0.6) is 11.5 Å². The minimum absolute atomic E-state index is 0.117. The van der Waals surface area contributed by atoms with Crippen molar-refractivity contribution in [1.82, 2.24) is 4.57 Å². The summed E-state index contributed by atoms with van der Waals surface area (Å²) in [6.07, 6.45) is 2.52. The standard InChI is InChI=1S/C21H20N2O4/c1-12-9-13-5-4-6-15-19(13)23(12)11-16(20(15)24)21(25)22-17-8-7-14(26-2)10-18(17)27-3/h4-8,10-12H,9H2,1-3H3,(H,22,25)/t12-/m1/s1. The molecular formula is C21H20N2O4. The first kappa shape index (κ1) is 17.1. The molecule has 1 N–H and O–H groups in total. The fourth-order valence-corrected chi connectivity index (χ4v) is 3.67. The van der Waals surface area contributed by atoms with E-state index >= 15 is 0 Å². The highest BCUT2D eigenvalue weighted by Crippen LogP contribution is 2.32. The molecule has 0 aliphatic carbocycles. The molecule has 27 heavy (non-hydrogen) atoms. The van der Waals surface area contributed by atoms with Crippen molar-refractivity contribution in [3.8, 4) is 11.5 Å². The SMILES string of the molecule is COc1ccc(NC(=O)c2cn3c4c(cccc4c2=O)C[C@H]3C)c(OC)c1. The van der Waals surface area contributed by atoms with E-state index in [9.17, 15) is 9.59 Å². The van der Waals surface area contributed by atoms with Gasteiger partial charge in [0.25, 0.3) is 5.91 Å². The Kier molecular flexibility index (Phi) is 4.11. The van der Waals surface area contributed by atoms with E-state index in [1.807, 2.05) is 16.7 Å². The molecule has 138 valence electrons. The van der Waals surface area contributed by atoms with Gasteiger partial charge in [-0.2, -0.15) is 0 Å². The number of aromatic nitrogens is 1. The van der Waals surface area contributed by atoms with Gasteiger partial charge in [0.15, 0.2) is 0 Å². The Morgan fingerprint density at radius 1 is 1.19 bits per heavy atom. The lowest BCUT2D eigenvalue weighted by molar-refractivity contribution is 0.102. The van der Waals surface area contributed by atoms with Gasteiger partial charge in [-0.15, -0.1) is 0 Å². The zero-order valence-electron chi connectivity index (χ0n) is 15.4. The largest absolute Gasteiger partial charge is 0.497 e. The predicted molar refractivity (Wildman–Crippen MR) is 104 cm³/mol. The van der Waals surface area contributed by atoms with Crippen LogP contribution in [0.4, 0.5) is 5.69 Å². The number of para-hydroxylation sites is 1. The summed E-state index contributed by atoms with van der Waals surface area (Å²) in [5, 5.41) is 3.36. The Morgan fingerprint density at radius 2 is 2.00 bits per heavy atom. The normalized spacial score (nSPS) is 15.0. The van der Waals surface area contributed by atoms with Crippen LogP contribution in [0, 0.1) is 0 Å². The highest BCUT2D eigenvalue weighted by atomic mass is 16.5. The fraction of sp³-hybridized carbons (Fsp3) is 0.238. The summed E-state index contributed by atoms with van der Waals surface area (Å²) in [5.74, 6) is 0.618. The summed E-state index contributed by atoms with van der Waals surface area (Å²) in [4.78, 5) is 25.8. The van der Waals surface area contributed by atoms with E-state index in [0.29, 0.717) is 22.6 Å². The van der Waals surface area contributed by atoms with Crippen LogP contribution < -0.4 is 20.2 Å². The number of benzene rings is 2. The minimum Gasteiger partial charge on any atom is -0.497 e. The highest BCUT2D eigenvalue weighted by molar-refractivity contribution is 6.06. The topological polar surface area (TPSA) is 69.6 Å². The maximum Gasteiger partial charge on any atom is 0.261 e. The summed E-state index contributed by atoms with van der Waals surface area (Å²) >= 11 is 0. The van der Waals surface area contributed by atoms with Gasteiger partial charge in [-0.1, -0.05) is 12.1 Å². The zero-order valence-corrected chi connectivity index (χ0v) is 15.4. The number of rotatable bonds is 4. The van der Waals surface area contributed by atoms with Gasteiger partial charge < -0.3 is 19.4 Å². The Balaban J connectivity index is 1.77. The number of nitrogens with zero attached hydrogens (tertiary/aromatic N) is 1. The van der Waals surface area contributed by atoms with Crippen LogP contribution >= 0.6 is 0 Å². The molecule has 3 aromatic rings. The molecule has 0 unspecified atom stereocenters. The van der Waals surface area contributed by atoms with Crippen molar-refractivity contribution >= 4 is 22.5 Å². The number of carbonyl (C=O) groups excluding carboxylic acids is 1. The molecule has 1 aromatic heterocycles. The molecule has 0 spiro atoms. The second kappa shape index (κ2) is 6.46. The molecule has 2 heterocycles. The summed E-state index contributed by atoms with van der Waals surface area (Å²) < 4.78 is 12.5. The second-order valence-corrected chi connectivity index (χ2v) is 6.67. The Morgan fingerprint density at radius 3 is 2.74 bits per heavy atom. The molecule has 1 aliphatic rings. The van der Waals surface area contributed by atoms with Gasteiger partial charge in [0, 0.05) is 23.7 Å². The first-order valence-electron chi connectivity index (χ1n) is 8.73. The van der Waals surface area contributed by atoms with Crippen LogP contribution in [0.15, 0.2) is 47.4 Å². The van der Waals surface area contributed by atoms with Crippen molar-refractivity contribution < 1.29 is 14.3 Å². The lowest BCUT2D eigenvalue weighted by Crippen LogP contribution is -2.24. The van der Waals surface area contributed by atoms with E-state index in [1.54, 1.807) is 37.6 Å². The van der Waals surface area contributed by atoms with E-state index in [0.717, 1.165) is 17.5 Å². The van der Waals surface area contributed by atoms with Crippen LogP contribution in [0.1, 0.15) is 28.9 Å². The molecule has 6 heteroatoms. The van der Waals surface area contributed by atoms with Gasteiger partial charge >= 0.3 is 0 Å². The van der Waals surface area contributed by atoms with Gasteiger partial charge in [-0.25, -0.2) is 0 Å². The van der Waals surface area contributed by atoms with Crippen molar-refractivity contribution in [2.45, 2.75) is 19.4 Å². The monoisotopic (exact) mass is 364 g/mol. The molecule has 0 radical (unpaired) electrons. The van der Waals surface area contributed by atoms with Gasteiger partial charge in [-0.05, 0) is 37.1 Å². The third-order valence-corrected chi connectivity index (χ3v) is 5.03. The van der Waals surface area contributed by atoms with Gasteiger partial charge in [-0.3, -0.25) is 9.59 Å². The molecule has 0 saturated carbocycles. The van der Waals surface area contributed by atoms with Crippen molar-refractivity contribution in [3.63, 3.8) is 0 Å². The lowest BCUT2D eigenvalue weighted by Gasteiger charge is -2.14. The quantitative estimate of drug-likeness (QED) is 0.770. The number of hydrogen-bond acceptors (Lipinski definition) is 4. The molecule has 1 atom stereocenters. The fourth-order valence-electron chi connectivity index (χ4n) is 3.67. The molecule has 0 saturated heterocycles. The third kappa shape index (κ3) is 2.73. The van der Waals surface area contributed by atoms with Gasteiger partial charge in [0.2, 0.25) is 5.43 Å². The molecule has 6 nitrogen and oxygen atoms in total. The van der Waals surface area contributed by atoms with Crippen LogP contribution in [0.2, 0.25) is 0 Å². The van der Waals surface area contributed by atoms with E-state index in [2.05, 4.69) is 12.2 Å². The van der Waals surface area contributed by atoms with Crippen LogP contribution in [-0.4, -0.2) is 24.7 Å². The number of amides is 1. The number of anilines is 1. The maximum absolute atomic E-state index is 12.9. The number of methoxy groups -OCH3 is 2. The Bertz CT molecular complexity index is 1120. The summed E-state index contributed by atoms with van der Waals surface area (Å²) in [6, 6.07) is 11.0. The van der Waals surface area contributed by atoms with Crippen molar-refractivity contribution in [3.05, 3.63) is 63.9 Å². The summed E-state index contributed by atoms with van der Waals surface area (Å²) in [5.41, 5.74) is 2.40. The number of carbonyl (C=O) groups is 1. The van der Waals surface area contributed by atoms with E-state index in [4.69, 9.17) is 9.47 Å². The third-order valence-electron chi connectivity index (χ3n) is 5.03. The maximum atomic E-state index is 12.9. The summed E-state index contributed by atoms with van der Waals surface area (Å²) in [7, 11) is 3.07. The van der Waals surface area contributed by atoms with Gasteiger partial charge in [0.05, 0.1) is 25.4 Å². The van der Waals surface area contributed by atoms with Crippen LogP contribution in [0.3, 0.4) is 0 Å². The Labute approximate surface area is 156 Å². The van der Waals surface area contributed by atoms with Crippen molar-refractivity contribution in [1.29, 1.82) is 0 Å². The lowest BCUT2D eigenvalue weighted by atomic mass is 10.1. The van der Waals surface area contributed by atoms with Crippen LogP contribution in [-0.2, 0) is 6.42 Å². The first-order chi connectivity index (χ1) is 13.0. The molecule has 1 aliphatic heterocycles. The number of hydrogen-bond donors (Lipinski definition) is 1. The average Bonchev–Trinajstić information content (AvgIpc) is 3.00. The molecule has 4 rings (SSSR count). The minimum atomic E-state index is -0.460. The van der Waals surface area contributed by atoms with Crippen molar-refractivity contribution in [2.75, 3.05) is 19.5 Å². The molecule has 2 aromatic carbocycles. The number of nitrogens with one attached hydrogen (secondary N) is 1. The van der Waals surface area contributed by atoms with E-state index in [1.165, 1.54) is 7.11 Å². The molecule has 1 amide bonds. The average molecular weight is 364 g/mol. The second-order valence-electron chi connectivity index (χ2n) is 6.67. The van der Waals surface area contributed by atoms with E-state index < -0.39 is 5.91 Å². The molecule has 0 fully saturated rings. The number of ether oxygens (including phenoxy) is 2. The zero-order chi connectivity index (χ0) is 19.1. The Hall–Kier alpha value is -3.28. The predicted octanol–water partition coefficient (Wildman–Crippen LogP) is 3.39. The smallest absolute Gasteiger partial charge is 0.261 e. The number of pyridine rings is 1. The molecule has 0 bridgehead atoms.